The maximum absolute atomic E-state index is 11.2. The highest BCUT2D eigenvalue weighted by molar-refractivity contribution is 7.09. The lowest BCUT2D eigenvalue weighted by molar-refractivity contribution is -0.121. The Kier molecular flexibility index (Phi) is 4.44. The zero-order valence-electron chi connectivity index (χ0n) is 8.86. The van der Waals surface area contributed by atoms with E-state index in [0.29, 0.717) is 18.1 Å². The van der Waals surface area contributed by atoms with Crippen LogP contribution < -0.4 is 11.1 Å². The van der Waals surface area contributed by atoms with Gasteiger partial charge in [-0.25, -0.2) is 0 Å². The minimum Gasteiger partial charge on any atom is -0.388 e. The van der Waals surface area contributed by atoms with E-state index in [-0.39, 0.29) is 5.91 Å². The summed E-state index contributed by atoms with van der Waals surface area (Å²) in [6.45, 7) is 3.67. The summed E-state index contributed by atoms with van der Waals surface area (Å²) < 4.78 is 3.75. The highest BCUT2D eigenvalue weighted by Gasteiger charge is 2.12. The number of amides is 1. The molecule has 3 N–H and O–H groups in total. The predicted octanol–water partition coefficient (Wildman–Crippen LogP) is -0.312. The molecule has 0 radical (unpaired) electrons. The fourth-order valence-corrected chi connectivity index (χ4v) is 1.54. The summed E-state index contributed by atoms with van der Waals surface area (Å²) in [5.41, 5.74) is 6.41. The van der Waals surface area contributed by atoms with E-state index in [1.54, 1.807) is 7.05 Å². The van der Waals surface area contributed by atoms with E-state index in [2.05, 4.69) is 14.9 Å². The van der Waals surface area contributed by atoms with E-state index in [4.69, 9.17) is 5.73 Å². The summed E-state index contributed by atoms with van der Waals surface area (Å²) >= 11 is 1.17. The molecule has 6 nitrogen and oxygen atoms in total. The number of likely N-dealkylation sites (N-methyl/N-ethyl adjacent to an activating group) is 2. The van der Waals surface area contributed by atoms with Crippen LogP contribution in [-0.4, -0.2) is 40.5 Å². The van der Waals surface area contributed by atoms with Gasteiger partial charge in [-0.1, -0.05) is 11.4 Å². The van der Waals surface area contributed by atoms with Crippen molar-refractivity contribution < 1.29 is 4.79 Å². The van der Waals surface area contributed by atoms with Crippen LogP contribution in [0.25, 0.3) is 0 Å². The number of carbonyl (C=O) groups excluding carboxylic acids is 1. The molecule has 1 aromatic rings. The Morgan fingerprint density at radius 2 is 2.40 bits per heavy atom. The molecule has 15 heavy (non-hydrogen) atoms. The van der Waals surface area contributed by atoms with Crippen molar-refractivity contribution in [2.45, 2.75) is 13.5 Å². The lowest BCUT2D eigenvalue weighted by Gasteiger charge is -2.17. The molecule has 0 aliphatic rings. The number of rotatable bonds is 5. The van der Waals surface area contributed by atoms with Crippen LogP contribution in [0.5, 0.6) is 0 Å². The van der Waals surface area contributed by atoms with E-state index in [1.165, 1.54) is 11.5 Å². The molecule has 0 saturated heterocycles. The standard InChI is InChI=1S/C8H15N5OS/c1-3-13(5-7(14)10-2)4-6-8(9)15-12-11-6/h3-5,9H2,1-2H3,(H,10,14). The Hall–Kier alpha value is -1.21. The first-order valence-corrected chi connectivity index (χ1v) is 5.44. The number of aromatic nitrogens is 2. The molecule has 0 atom stereocenters. The van der Waals surface area contributed by atoms with Crippen LogP contribution in [0.15, 0.2) is 0 Å². The molecule has 0 aliphatic carbocycles. The molecular weight excluding hydrogens is 214 g/mol. The highest BCUT2D eigenvalue weighted by atomic mass is 32.1. The number of anilines is 1. The molecule has 1 heterocycles. The molecule has 0 aromatic carbocycles. The smallest absolute Gasteiger partial charge is 0.233 e. The molecule has 0 aliphatic heterocycles. The van der Waals surface area contributed by atoms with Crippen LogP contribution in [0.2, 0.25) is 0 Å². The number of hydrogen-bond donors (Lipinski definition) is 2. The summed E-state index contributed by atoms with van der Waals surface area (Å²) in [4.78, 5) is 13.1. The monoisotopic (exact) mass is 229 g/mol. The second-order valence-electron chi connectivity index (χ2n) is 3.06. The van der Waals surface area contributed by atoms with Gasteiger partial charge in [0.05, 0.1) is 6.54 Å². The maximum atomic E-state index is 11.2. The third-order valence-electron chi connectivity index (χ3n) is 2.05. The Morgan fingerprint density at radius 1 is 1.67 bits per heavy atom. The number of nitrogens with one attached hydrogen (secondary N) is 1. The number of nitrogens with two attached hydrogens (primary N) is 1. The van der Waals surface area contributed by atoms with E-state index >= 15 is 0 Å². The van der Waals surface area contributed by atoms with Gasteiger partial charge in [0.15, 0.2) is 0 Å². The summed E-state index contributed by atoms with van der Waals surface area (Å²) in [5, 5.41) is 7.10. The van der Waals surface area contributed by atoms with Crippen LogP contribution in [0.1, 0.15) is 12.6 Å². The molecular formula is C8H15N5OS. The van der Waals surface area contributed by atoms with Gasteiger partial charge in [-0.3, -0.25) is 9.69 Å². The van der Waals surface area contributed by atoms with Crippen LogP contribution in [0.4, 0.5) is 5.00 Å². The molecule has 1 amide bonds. The molecule has 1 aromatic heterocycles. The van der Waals surface area contributed by atoms with Gasteiger partial charge in [-0.2, -0.15) is 0 Å². The van der Waals surface area contributed by atoms with Crippen molar-refractivity contribution in [2.24, 2.45) is 0 Å². The van der Waals surface area contributed by atoms with E-state index in [1.807, 2.05) is 11.8 Å². The average Bonchev–Trinajstić information content (AvgIpc) is 2.63. The molecule has 0 unspecified atom stereocenters. The van der Waals surface area contributed by atoms with Crippen LogP contribution >= 0.6 is 11.5 Å². The Bertz CT molecular complexity index is 327. The number of nitrogens with zero attached hydrogens (tertiary/aromatic N) is 3. The average molecular weight is 229 g/mol. The topological polar surface area (TPSA) is 84.1 Å². The van der Waals surface area contributed by atoms with Gasteiger partial charge < -0.3 is 11.1 Å². The lowest BCUT2D eigenvalue weighted by atomic mass is 10.3. The fourth-order valence-electron chi connectivity index (χ4n) is 1.10. The van der Waals surface area contributed by atoms with Gasteiger partial charge >= 0.3 is 0 Å². The van der Waals surface area contributed by atoms with Gasteiger partial charge in [0, 0.05) is 25.1 Å². The first-order chi connectivity index (χ1) is 7.17. The molecule has 0 spiro atoms. The van der Waals surface area contributed by atoms with Crippen molar-refractivity contribution in [3.63, 3.8) is 0 Å². The quantitative estimate of drug-likeness (QED) is 0.723. The molecule has 0 fully saturated rings. The van der Waals surface area contributed by atoms with Crippen molar-refractivity contribution in [1.82, 2.24) is 19.8 Å². The van der Waals surface area contributed by atoms with E-state index in [9.17, 15) is 4.79 Å². The minimum absolute atomic E-state index is 0.0152. The zero-order chi connectivity index (χ0) is 11.3. The minimum atomic E-state index is -0.0152. The second kappa shape index (κ2) is 5.62. The van der Waals surface area contributed by atoms with Gasteiger partial charge in [0.25, 0.3) is 0 Å². The second-order valence-corrected chi connectivity index (χ2v) is 3.85. The first-order valence-electron chi connectivity index (χ1n) is 4.67. The number of hydrogen-bond acceptors (Lipinski definition) is 6. The molecule has 0 bridgehead atoms. The number of carbonyl (C=O) groups is 1. The summed E-state index contributed by atoms with van der Waals surface area (Å²) in [6.07, 6.45) is 0. The first kappa shape index (κ1) is 11.9. The molecule has 84 valence electrons. The van der Waals surface area contributed by atoms with Crippen molar-refractivity contribution in [3.8, 4) is 0 Å². The van der Waals surface area contributed by atoms with Gasteiger partial charge in [0.2, 0.25) is 5.91 Å². The zero-order valence-corrected chi connectivity index (χ0v) is 9.67. The van der Waals surface area contributed by atoms with Crippen LogP contribution in [0.3, 0.4) is 0 Å². The largest absolute Gasteiger partial charge is 0.388 e. The third-order valence-corrected chi connectivity index (χ3v) is 2.65. The Labute approximate surface area is 92.6 Å². The van der Waals surface area contributed by atoms with E-state index < -0.39 is 0 Å². The molecule has 1 rings (SSSR count). The Morgan fingerprint density at radius 3 is 2.87 bits per heavy atom. The summed E-state index contributed by atoms with van der Waals surface area (Å²) in [5.74, 6) is -0.0152. The highest BCUT2D eigenvalue weighted by Crippen LogP contribution is 2.14. The summed E-state index contributed by atoms with van der Waals surface area (Å²) in [7, 11) is 1.62. The molecule has 0 saturated carbocycles. The van der Waals surface area contributed by atoms with Crippen molar-refractivity contribution in [1.29, 1.82) is 0 Å². The van der Waals surface area contributed by atoms with Crippen LogP contribution in [0, 0.1) is 0 Å². The van der Waals surface area contributed by atoms with Gasteiger partial charge in [-0.05, 0) is 6.54 Å². The molecule has 7 heteroatoms. The third kappa shape index (κ3) is 3.45. The number of nitrogen functional groups attached to an aromatic ring is 1. The predicted molar refractivity (Wildman–Crippen MR) is 59.3 cm³/mol. The van der Waals surface area contributed by atoms with Gasteiger partial charge in [-0.15, -0.1) is 5.10 Å². The fraction of sp³-hybridized carbons (Fsp3) is 0.625. The Balaban J connectivity index is 2.54. The lowest BCUT2D eigenvalue weighted by Crippen LogP contribution is -2.35. The normalized spacial score (nSPS) is 10.6. The van der Waals surface area contributed by atoms with Crippen molar-refractivity contribution in [3.05, 3.63) is 5.69 Å². The SMILES string of the molecule is CCN(CC(=O)NC)Cc1nnsc1N. The maximum Gasteiger partial charge on any atom is 0.233 e. The van der Waals surface area contributed by atoms with Gasteiger partial charge in [0.1, 0.15) is 10.7 Å². The van der Waals surface area contributed by atoms with E-state index in [0.717, 1.165) is 12.2 Å². The summed E-state index contributed by atoms with van der Waals surface area (Å²) in [6, 6.07) is 0. The van der Waals surface area contributed by atoms with Crippen molar-refractivity contribution >= 4 is 22.4 Å². The van der Waals surface area contributed by atoms with Crippen LogP contribution in [-0.2, 0) is 11.3 Å². The van der Waals surface area contributed by atoms with Crippen molar-refractivity contribution in [2.75, 3.05) is 25.9 Å².